The summed E-state index contributed by atoms with van der Waals surface area (Å²) in [6.07, 6.45) is 12.4. The summed E-state index contributed by atoms with van der Waals surface area (Å²) in [5, 5.41) is 3.72. The molecular formula is C34H29N. The van der Waals surface area contributed by atoms with Crippen LogP contribution in [-0.2, 0) is 6.42 Å². The van der Waals surface area contributed by atoms with Crippen LogP contribution in [0.15, 0.2) is 133 Å². The van der Waals surface area contributed by atoms with Crippen LogP contribution in [-0.4, -0.2) is 6.04 Å². The van der Waals surface area contributed by atoms with Crippen molar-refractivity contribution in [1.29, 1.82) is 0 Å². The number of aryl methyl sites for hydroxylation is 1. The molecule has 0 saturated heterocycles. The van der Waals surface area contributed by atoms with E-state index < -0.39 is 0 Å². The zero-order valence-electron chi connectivity index (χ0n) is 19.8. The number of nitrogens with one attached hydrogen (secondary N) is 1. The minimum Gasteiger partial charge on any atom is -0.378 e. The fourth-order valence-electron chi connectivity index (χ4n) is 5.16. The molecule has 2 aliphatic carbocycles. The molecule has 0 saturated carbocycles. The molecule has 0 amide bonds. The lowest BCUT2D eigenvalue weighted by Crippen LogP contribution is -2.20. The second-order valence-corrected chi connectivity index (χ2v) is 9.42. The van der Waals surface area contributed by atoms with Gasteiger partial charge in [-0.1, -0.05) is 115 Å². The molecule has 4 aromatic rings. The number of allylic oxidation sites excluding steroid dienone is 3. The van der Waals surface area contributed by atoms with Gasteiger partial charge in [0.2, 0.25) is 0 Å². The van der Waals surface area contributed by atoms with E-state index in [1.807, 2.05) is 0 Å². The highest BCUT2D eigenvalue weighted by Gasteiger charge is 2.18. The molecule has 1 unspecified atom stereocenters. The molecule has 2 aliphatic rings. The quantitative estimate of drug-likeness (QED) is 0.320. The summed E-state index contributed by atoms with van der Waals surface area (Å²) in [6.45, 7) is 0. The van der Waals surface area contributed by atoms with Gasteiger partial charge in [0.1, 0.15) is 0 Å². The van der Waals surface area contributed by atoms with E-state index >= 15 is 0 Å². The average Bonchev–Trinajstić information content (AvgIpc) is 2.94. The van der Waals surface area contributed by atoms with Gasteiger partial charge >= 0.3 is 0 Å². The van der Waals surface area contributed by atoms with Crippen LogP contribution in [0.1, 0.15) is 24.0 Å². The first-order chi connectivity index (χ1) is 17.3. The van der Waals surface area contributed by atoms with Crippen LogP contribution < -0.4 is 5.32 Å². The molecule has 0 aliphatic heterocycles. The predicted molar refractivity (Wildman–Crippen MR) is 149 cm³/mol. The highest BCUT2D eigenvalue weighted by Crippen LogP contribution is 2.32. The molecular weight excluding hydrogens is 422 g/mol. The molecule has 0 bridgehead atoms. The van der Waals surface area contributed by atoms with E-state index in [1.165, 1.54) is 44.5 Å². The number of benzene rings is 4. The molecule has 0 heterocycles. The van der Waals surface area contributed by atoms with Gasteiger partial charge in [-0.05, 0) is 75.9 Å². The fraction of sp³-hybridized carbons (Fsp3) is 0.118. The van der Waals surface area contributed by atoms with Gasteiger partial charge in [0.05, 0.1) is 0 Å². The third kappa shape index (κ3) is 4.76. The Balaban J connectivity index is 1.12. The van der Waals surface area contributed by atoms with Crippen LogP contribution in [0.5, 0.6) is 0 Å². The fourth-order valence-corrected chi connectivity index (χ4v) is 5.16. The molecule has 35 heavy (non-hydrogen) atoms. The maximum absolute atomic E-state index is 3.72. The molecule has 1 N–H and O–H groups in total. The third-order valence-corrected chi connectivity index (χ3v) is 7.10. The minimum absolute atomic E-state index is 0.309. The number of rotatable bonds is 5. The topological polar surface area (TPSA) is 12.0 Å². The first kappa shape index (κ1) is 21.4. The van der Waals surface area contributed by atoms with Crippen LogP contribution in [0.3, 0.4) is 0 Å². The first-order valence-electron chi connectivity index (χ1n) is 12.5. The smallest absolute Gasteiger partial charge is 0.0487 e. The number of hydrogen-bond donors (Lipinski definition) is 1. The zero-order valence-corrected chi connectivity index (χ0v) is 19.8. The largest absolute Gasteiger partial charge is 0.378 e. The molecule has 0 fully saturated rings. The van der Waals surface area contributed by atoms with E-state index in [-0.39, 0.29) is 0 Å². The normalized spacial score (nSPS) is 16.7. The van der Waals surface area contributed by atoms with Crippen molar-refractivity contribution < 1.29 is 0 Å². The van der Waals surface area contributed by atoms with Crippen LogP contribution in [0.25, 0.3) is 28.3 Å². The minimum atomic E-state index is 0.309. The lowest BCUT2D eigenvalue weighted by Gasteiger charge is -2.25. The highest BCUT2D eigenvalue weighted by molar-refractivity contribution is 5.71. The standard InChI is InChI=1S/C34H29N/c1-2-7-25(8-3-1)27-13-15-28(16-14-27)29-19-21-33(22-20-29)35-34-12-6-11-31(24-34)32-18-17-26-9-4-5-10-30(26)23-32/h1-16,19-23,34-35H,17-18,24H2. The Bertz CT molecular complexity index is 1400. The SMILES string of the molecule is C1=CC(Nc2ccc(-c3ccc(-c4ccccc4)cc3)cc2)CC(C2=Cc3ccccc3CC2)=C1. The monoisotopic (exact) mass is 451 g/mol. The van der Waals surface area contributed by atoms with Crippen LogP contribution in [0.2, 0.25) is 0 Å². The Hall–Kier alpha value is -4.10. The number of hydrogen-bond acceptors (Lipinski definition) is 1. The Labute approximate surface area is 208 Å². The van der Waals surface area contributed by atoms with Crippen molar-refractivity contribution in [2.24, 2.45) is 0 Å². The third-order valence-electron chi connectivity index (χ3n) is 7.10. The van der Waals surface area contributed by atoms with Crippen LogP contribution in [0, 0.1) is 0 Å². The number of anilines is 1. The molecule has 6 rings (SSSR count). The van der Waals surface area contributed by atoms with E-state index in [9.17, 15) is 0 Å². The summed E-state index contributed by atoms with van der Waals surface area (Å²) in [6, 6.07) is 37.3. The van der Waals surface area contributed by atoms with Crippen molar-refractivity contribution in [3.05, 3.63) is 144 Å². The maximum Gasteiger partial charge on any atom is 0.0487 e. The summed E-state index contributed by atoms with van der Waals surface area (Å²) in [5.74, 6) is 0. The zero-order chi connectivity index (χ0) is 23.5. The van der Waals surface area contributed by atoms with Crippen molar-refractivity contribution in [3.63, 3.8) is 0 Å². The molecule has 0 radical (unpaired) electrons. The molecule has 1 heteroatoms. The first-order valence-corrected chi connectivity index (χ1v) is 12.5. The molecule has 170 valence electrons. The summed E-state index contributed by atoms with van der Waals surface area (Å²) in [4.78, 5) is 0. The van der Waals surface area contributed by atoms with Gasteiger partial charge in [-0.15, -0.1) is 0 Å². The molecule has 0 spiro atoms. The van der Waals surface area contributed by atoms with E-state index in [4.69, 9.17) is 0 Å². The summed E-state index contributed by atoms with van der Waals surface area (Å²) < 4.78 is 0. The van der Waals surface area contributed by atoms with Gasteiger partial charge in [0, 0.05) is 11.7 Å². The second-order valence-electron chi connectivity index (χ2n) is 9.42. The number of fused-ring (bicyclic) bond motifs is 1. The summed E-state index contributed by atoms with van der Waals surface area (Å²) >= 11 is 0. The van der Waals surface area contributed by atoms with Crippen LogP contribution >= 0.6 is 0 Å². The van der Waals surface area contributed by atoms with Gasteiger partial charge in [-0.25, -0.2) is 0 Å². The van der Waals surface area contributed by atoms with Gasteiger partial charge in [0.15, 0.2) is 0 Å². The van der Waals surface area contributed by atoms with Crippen molar-refractivity contribution >= 4 is 11.8 Å². The average molecular weight is 452 g/mol. The molecule has 1 nitrogen and oxygen atoms in total. The van der Waals surface area contributed by atoms with E-state index in [1.54, 1.807) is 0 Å². The van der Waals surface area contributed by atoms with E-state index in [0.29, 0.717) is 6.04 Å². The Morgan fingerprint density at radius 3 is 1.94 bits per heavy atom. The lowest BCUT2D eigenvalue weighted by atomic mass is 9.85. The highest BCUT2D eigenvalue weighted by atomic mass is 14.9. The predicted octanol–water partition coefficient (Wildman–Crippen LogP) is 8.72. The Kier molecular flexibility index (Phi) is 5.90. The molecule has 1 atom stereocenters. The van der Waals surface area contributed by atoms with Crippen molar-refractivity contribution in [3.8, 4) is 22.3 Å². The summed E-state index contributed by atoms with van der Waals surface area (Å²) in [7, 11) is 0. The van der Waals surface area contributed by atoms with E-state index in [0.717, 1.165) is 24.9 Å². The lowest BCUT2D eigenvalue weighted by molar-refractivity contribution is 0.820. The van der Waals surface area contributed by atoms with Gasteiger partial charge in [-0.3, -0.25) is 0 Å². The Morgan fingerprint density at radius 2 is 1.20 bits per heavy atom. The van der Waals surface area contributed by atoms with Gasteiger partial charge in [0.25, 0.3) is 0 Å². The van der Waals surface area contributed by atoms with Crippen molar-refractivity contribution in [1.82, 2.24) is 0 Å². The van der Waals surface area contributed by atoms with E-state index in [2.05, 4.69) is 133 Å². The second kappa shape index (κ2) is 9.64. The van der Waals surface area contributed by atoms with Crippen molar-refractivity contribution in [2.45, 2.75) is 25.3 Å². The van der Waals surface area contributed by atoms with Gasteiger partial charge < -0.3 is 5.32 Å². The molecule has 0 aromatic heterocycles. The van der Waals surface area contributed by atoms with Gasteiger partial charge in [-0.2, -0.15) is 0 Å². The van der Waals surface area contributed by atoms with Crippen molar-refractivity contribution in [2.75, 3.05) is 5.32 Å². The Morgan fingerprint density at radius 1 is 0.571 bits per heavy atom. The molecule has 4 aromatic carbocycles. The van der Waals surface area contributed by atoms with Crippen LogP contribution in [0.4, 0.5) is 5.69 Å². The maximum atomic E-state index is 3.72. The summed E-state index contributed by atoms with van der Waals surface area (Å²) in [5.41, 5.74) is 11.9.